The zero-order valence-electron chi connectivity index (χ0n) is 11.9. The molecule has 0 aliphatic carbocycles. The topological polar surface area (TPSA) is 36.7 Å². The Morgan fingerprint density at radius 1 is 1.00 bits per heavy atom. The third kappa shape index (κ3) is 3.11. The number of aromatic nitrogens is 1. The molecule has 1 radical (unpaired) electrons. The third-order valence-electron chi connectivity index (χ3n) is 3.30. The first-order chi connectivity index (χ1) is 10.9. The molecule has 1 heterocycles. The van der Waals surface area contributed by atoms with E-state index in [0.717, 1.165) is 22.4 Å². The molecular weight excluding hydrogens is 268 g/mol. The molecule has 3 rings (SSSR count). The molecular formula is C20H13N2. The van der Waals surface area contributed by atoms with Gasteiger partial charge in [-0.15, -0.1) is 0 Å². The summed E-state index contributed by atoms with van der Waals surface area (Å²) in [5.74, 6) is 0. The van der Waals surface area contributed by atoms with Gasteiger partial charge >= 0.3 is 0 Å². The lowest BCUT2D eigenvalue weighted by Gasteiger charge is -2.04. The molecule has 3 aromatic rings. The molecule has 0 spiro atoms. The second-order valence-electron chi connectivity index (χ2n) is 4.80. The molecule has 103 valence electrons. The summed E-state index contributed by atoms with van der Waals surface area (Å²) >= 11 is 0. The number of hydrogen-bond acceptors (Lipinski definition) is 2. The highest BCUT2D eigenvalue weighted by molar-refractivity contribution is 5.75. The average molecular weight is 281 g/mol. The van der Waals surface area contributed by atoms with Gasteiger partial charge in [-0.2, -0.15) is 5.26 Å². The van der Waals surface area contributed by atoms with Gasteiger partial charge in [0.15, 0.2) is 0 Å². The predicted molar refractivity (Wildman–Crippen MR) is 88.6 cm³/mol. The van der Waals surface area contributed by atoms with Crippen molar-refractivity contribution >= 4 is 12.2 Å². The number of benzene rings is 2. The van der Waals surface area contributed by atoms with E-state index in [9.17, 15) is 5.26 Å². The van der Waals surface area contributed by atoms with Crippen LogP contribution >= 0.6 is 0 Å². The Hall–Kier alpha value is -3.18. The summed E-state index contributed by atoms with van der Waals surface area (Å²) in [6.45, 7) is 0. The summed E-state index contributed by atoms with van der Waals surface area (Å²) in [5.41, 5.74) is 4.51. The van der Waals surface area contributed by atoms with Crippen LogP contribution in [0.3, 0.4) is 0 Å². The predicted octanol–water partition coefficient (Wildman–Crippen LogP) is 4.59. The van der Waals surface area contributed by atoms with Crippen molar-refractivity contribution in [2.24, 2.45) is 0 Å². The van der Waals surface area contributed by atoms with Crippen molar-refractivity contribution in [2.45, 2.75) is 0 Å². The monoisotopic (exact) mass is 281 g/mol. The molecule has 1 aromatic heterocycles. The summed E-state index contributed by atoms with van der Waals surface area (Å²) in [6.07, 6.45) is 5.73. The van der Waals surface area contributed by atoms with Crippen LogP contribution < -0.4 is 0 Å². The van der Waals surface area contributed by atoms with Gasteiger partial charge in [0.1, 0.15) is 0 Å². The molecule has 0 bridgehead atoms. The Bertz CT molecular complexity index is 843. The minimum atomic E-state index is 0.668. The van der Waals surface area contributed by atoms with E-state index in [0.29, 0.717) is 5.56 Å². The molecule has 2 nitrogen and oxygen atoms in total. The Kier molecular flexibility index (Phi) is 4.08. The molecule has 0 aliphatic heterocycles. The van der Waals surface area contributed by atoms with E-state index in [-0.39, 0.29) is 0 Å². The Morgan fingerprint density at radius 2 is 1.86 bits per heavy atom. The number of hydrogen-bond donors (Lipinski definition) is 0. The van der Waals surface area contributed by atoms with E-state index in [2.05, 4.69) is 17.1 Å². The van der Waals surface area contributed by atoms with E-state index in [1.165, 1.54) is 0 Å². The molecule has 0 saturated carbocycles. The lowest BCUT2D eigenvalue weighted by Crippen LogP contribution is -1.84. The summed E-state index contributed by atoms with van der Waals surface area (Å²) in [7, 11) is 0. The lowest BCUT2D eigenvalue weighted by atomic mass is 9.98. The third-order valence-corrected chi connectivity index (χ3v) is 3.30. The highest BCUT2D eigenvalue weighted by atomic mass is 14.6. The Morgan fingerprint density at radius 3 is 2.68 bits per heavy atom. The average Bonchev–Trinajstić information content (AvgIpc) is 2.61. The van der Waals surface area contributed by atoms with Crippen molar-refractivity contribution in [3.8, 4) is 17.2 Å². The van der Waals surface area contributed by atoms with Gasteiger partial charge in [-0.1, -0.05) is 30.3 Å². The van der Waals surface area contributed by atoms with Crippen molar-refractivity contribution in [1.29, 1.82) is 5.26 Å². The fourth-order valence-corrected chi connectivity index (χ4v) is 2.23. The van der Waals surface area contributed by atoms with Gasteiger partial charge in [-0.25, -0.2) is 0 Å². The molecule has 0 unspecified atom stereocenters. The summed E-state index contributed by atoms with van der Waals surface area (Å²) < 4.78 is 0. The first-order valence-corrected chi connectivity index (χ1v) is 6.96. The Balaban J connectivity index is 1.94. The summed E-state index contributed by atoms with van der Waals surface area (Å²) in [6, 6.07) is 24.6. The van der Waals surface area contributed by atoms with Gasteiger partial charge in [0.2, 0.25) is 0 Å². The van der Waals surface area contributed by atoms with Crippen LogP contribution in [0, 0.1) is 17.4 Å². The normalized spacial score (nSPS) is 10.5. The number of nitriles is 1. The zero-order valence-corrected chi connectivity index (χ0v) is 11.9. The van der Waals surface area contributed by atoms with Crippen molar-refractivity contribution < 1.29 is 0 Å². The highest BCUT2D eigenvalue weighted by Crippen LogP contribution is 2.24. The SMILES string of the molecule is N#Cc1ccccc1-c1c[c]cc(C=Cc2ccccn2)c1. The van der Waals surface area contributed by atoms with E-state index < -0.39 is 0 Å². The molecule has 22 heavy (non-hydrogen) atoms. The van der Waals surface area contributed by atoms with Crippen LogP contribution in [0.2, 0.25) is 0 Å². The minimum Gasteiger partial charge on any atom is -0.257 e. The molecule has 2 heteroatoms. The maximum absolute atomic E-state index is 9.22. The fraction of sp³-hybridized carbons (Fsp3) is 0. The molecule has 0 fully saturated rings. The molecule has 2 aromatic carbocycles. The molecule has 0 atom stereocenters. The first-order valence-electron chi connectivity index (χ1n) is 6.96. The standard InChI is InChI=1S/C20H13N2/c21-15-18-7-1-2-10-20(18)17-8-5-6-16(14-17)11-12-19-9-3-4-13-22-19/h1-4,6-14H. The molecule has 0 saturated heterocycles. The van der Waals surface area contributed by atoms with Crippen LogP contribution in [-0.4, -0.2) is 4.98 Å². The van der Waals surface area contributed by atoms with E-state index >= 15 is 0 Å². The molecule has 0 aliphatic rings. The van der Waals surface area contributed by atoms with E-state index in [4.69, 9.17) is 0 Å². The van der Waals surface area contributed by atoms with Gasteiger partial charge in [-0.05, 0) is 65.2 Å². The number of nitrogens with zero attached hydrogens (tertiary/aromatic N) is 2. The van der Waals surface area contributed by atoms with Gasteiger partial charge in [0.05, 0.1) is 17.3 Å². The van der Waals surface area contributed by atoms with Crippen molar-refractivity contribution in [3.63, 3.8) is 0 Å². The van der Waals surface area contributed by atoms with Gasteiger partial charge in [0.25, 0.3) is 0 Å². The Labute approximate surface area is 130 Å². The van der Waals surface area contributed by atoms with E-state index in [1.54, 1.807) is 6.20 Å². The van der Waals surface area contributed by atoms with E-state index in [1.807, 2.05) is 72.8 Å². The second-order valence-corrected chi connectivity index (χ2v) is 4.80. The smallest absolute Gasteiger partial charge is 0.0998 e. The van der Waals surface area contributed by atoms with Gasteiger partial charge < -0.3 is 0 Å². The highest BCUT2D eigenvalue weighted by Gasteiger charge is 2.03. The number of pyridine rings is 1. The van der Waals surface area contributed by atoms with Gasteiger partial charge in [0, 0.05) is 6.20 Å². The lowest BCUT2D eigenvalue weighted by molar-refractivity contribution is 1.30. The van der Waals surface area contributed by atoms with Crippen LogP contribution in [0.15, 0.2) is 66.9 Å². The van der Waals surface area contributed by atoms with Crippen molar-refractivity contribution in [2.75, 3.05) is 0 Å². The summed E-state index contributed by atoms with van der Waals surface area (Å²) in [4.78, 5) is 4.26. The summed E-state index contributed by atoms with van der Waals surface area (Å²) in [5, 5.41) is 9.22. The van der Waals surface area contributed by atoms with Crippen LogP contribution in [-0.2, 0) is 0 Å². The van der Waals surface area contributed by atoms with Gasteiger partial charge in [-0.3, -0.25) is 4.98 Å². The minimum absolute atomic E-state index is 0.668. The zero-order chi connectivity index (χ0) is 15.2. The molecule has 0 amide bonds. The van der Waals surface area contributed by atoms with Crippen LogP contribution in [0.5, 0.6) is 0 Å². The second kappa shape index (κ2) is 6.51. The van der Waals surface area contributed by atoms with Crippen LogP contribution in [0.25, 0.3) is 23.3 Å². The van der Waals surface area contributed by atoms with Crippen molar-refractivity contribution in [3.05, 3.63) is 89.7 Å². The molecule has 0 N–H and O–H groups in total. The fourth-order valence-electron chi connectivity index (χ4n) is 2.23. The first kappa shape index (κ1) is 13.8. The van der Waals surface area contributed by atoms with Crippen LogP contribution in [0.1, 0.15) is 16.8 Å². The maximum Gasteiger partial charge on any atom is 0.0998 e. The largest absolute Gasteiger partial charge is 0.257 e. The quantitative estimate of drug-likeness (QED) is 0.704. The maximum atomic E-state index is 9.22. The van der Waals surface area contributed by atoms with Crippen molar-refractivity contribution in [1.82, 2.24) is 4.98 Å². The van der Waals surface area contributed by atoms with Crippen LogP contribution in [0.4, 0.5) is 0 Å². The number of rotatable bonds is 3.